The topological polar surface area (TPSA) is 27.0 Å². The van der Waals surface area contributed by atoms with Crippen molar-refractivity contribution in [3.63, 3.8) is 0 Å². The molecule has 16 heavy (non-hydrogen) atoms. The van der Waals surface area contributed by atoms with E-state index >= 15 is 0 Å². The van der Waals surface area contributed by atoms with Crippen molar-refractivity contribution < 1.29 is 0 Å². The van der Waals surface area contributed by atoms with E-state index in [9.17, 15) is 5.26 Å². The highest BCUT2D eigenvalue weighted by Crippen LogP contribution is 2.25. The highest BCUT2D eigenvalue weighted by atomic mass is 79.9. The molecular weight excluding hydrogens is 264 g/mol. The normalized spacial score (nSPS) is 19.0. The minimum absolute atomic E-state index is 0.0854. The van der Waals surface area contributed by atoms with Gasteiger partial charge < -0.3 is 0 Å². The van der Waals surface area contributed by atoms with Gasteiger partial charge in [-0.05, 0) is 43.6 Å². The van der Waals surface area contributed by atoms with E-state index in [2.05, 4.69) is 26.9 Å². The van der Waals surface area contributed by atoms with Crippen molar-refractivity contribution in [3.8, 4) is 6.07 Å². The average molecular weight is 279 g/mol. The lowest BCUT2D eigenvalue weighted by molar-refractivity contribution is 0.196. The van der Waals surface area contributed by atoms with Gasteiger partial charge >= 0.3 is 0 Å². The zero-order chi connectivity index (χ0) is 11.4. The molecule has 0 aliphatic carbocycles. The maximum Gasteiger partial charge on any atom is 0.123 e. The highest BCUT2D eigenvalue weighted by molar-refractivity contribution is 9.10. The molecule has 0 radical (unpaired) electrons. The van der Waals surface area contributed by atoms with Crippen molar-refractivity contribution in [2.24, 2.45) is 0 Å². The molecular formula is C13H15BrN2. The smallest absolute Gasteiger partial charge is 0.123 e. The van der Waals surface area contributed by atoms with E-state index in [1.807, 2.05) is 24.3 Å². The van der Waals surface area contributed by atoms with Gasteiger partial charge in [-0.1, -0.05) is 34.5 Å². The third kappa shape index (κ3) is 2.63. The van der Waals surface area contributed by atoms with E-state index in [1.165, 1.54) is 19.3 Å². The highest BCUT2D eigenvalue weighted by Gasteiger charge is 2.21. The van der Waals surface area contributed by atoms with Crippen molar-refractivity contribution >= 4 is 15.9 Å². The first kappa shape index (κ1) is 11.6. The molecule has 0 saturated carbocycles. The molecule has 3 heteroatoms. The molecule has 1 heterocycles. The van der Waals surface area contributed by atoms with Gasteiger partial charge in [0.25, 0.3) is 0 Å². The molecule has 1 aromatic carbocycles. The first-order valence-electron chi connectivity index (χ1n) is 5.70. The Morgan fingerprint density at radius 3 is 2.62 bits per heavy atom. The zero-order valence-electron chi connectivity index (χ0n) is 9.19. The van der Waals surface area contributed by atoms with Crippen LogP contribution in [0.2, 0.25) is 0 Å². The maximum atomic E-state index is 9.32. The molecule has 2 nitrogen and oxygen atoms in total. The Labute approximate surface area is 105 Å². The summed E-state index contributed by atoms with van der Waals surface area (Å²) in [5.41, 5.74) is 1.10. The monoisotopic (exact) mass is 278 g/mol. The van der Waals surface area contributed by atoms with Crippen molar-refractivity contribution in [2.45, 2.75) is 25.3 Å². The second-order valence-electron chi connectivity index (χ2n) is 4.18. The van der Waals surface area contributed by atoms with Gasteiger partial charge in [-0.15, -0.1) is 0 Å². The first-order valence-corrected chi connectivity index (χ1v) is 6.49. The Morgan fingerprint density at radius 1 is 1.25 bits per heavy atom. The molecule has 0 aromatic heterocycles. The van der Waals surface area contributed by atoms with Crippen LogP contribution in [0.4, 0.5) is 0 Å². The predicted octanol–water partition coefficient (Wildman–Crippen LogP) is 3.50. The molecule has 1 saturated heterocycles. The summed E-state index contributed by atoms with van der Waals surface area (Å²) in [6.45, 7) is 2.09. The van der Waals surface area contributed by atoms with Gasteiger partial charge in [-0.2, -0.15) is 5.26 Å². The fourth-order valence-corrected chi connectivity index (χ4v) is 2.64. The summed E-state index contributed by atoms with van der Waals surface area (Å²) in [4.78, 5) is 2.28. The van der Waals surface area contributed by atoms with Crippen LogP contribution in [-0.4, -0.2) is 18.0 Å². The molecule has 0 unspecified atom stereocenters. The van der Waals surface area contributed by atoms with E-state index < -0.39 is 0 Å². The molecule has 0 spiro atoms. The zero-order valence-corrected chi connectivity index (χ0v) is 10.8. The molecule has 1 atom stereocenters. The van der Waals surface area contributed by atoms with Crippen LogP contribution in [0.5, 0.6) is 0 Å². The predicted molar refractivity (Wildman–Crippen MR) is 67.9 cm³/mol. The van der Waals surface area contributed by atoms with E-state index in [4.69, 9.17) is 0 Å². The van der Waals surface area contributed by atoms with Gasteiger partial charge in [0.1, 0.15) is 6.04 Å². The minimum Gasteiger partial charge on any atom is -0.284 e. The average Bonchev–Trinajstić information content (AvgIpc) is 2.31. The summed E-state index contributed by atoms with van der Waals surface area (Å²) in [6, 6.07) is 10.4. The second-order valence-corrected chi connectivity index (χ2v) is 5.10. The number of halogens is 1. The molecule has 1 fully saturated rings. The Bertz CT molecular complexity index is 391. The van der Waals surface area contributed by atoms with Crippen LogP contribution in [0.25, 0.3) is 0 Å². The van der Waals surface area contributed by atoms with E-state index in [0.717, 1.165) is 23.1 Å². The largest absolute Gasteiger partial charge is 0.284 e. The fourth-order valence-electron chi connectivity index (χ4n) is 2.22. The number of benzene rings is 1. The van der Waals surface area contributed by atoms with Crippen molar-refractivity contribution in [3.05, 3.63) is 34.3 Å². The Kier molecular flexibility index (Phi) is 3.98. The van der Waals surface area contributed by atoms with Crippen molar-refractivity contribution in [1.82, 2.24) is 4.90 Å². The first-order chi connectivity index (χ1) is 7.81. The fraction of sp³-hybridized carbons (Fsp3) is 0.462. The Balaban J connectivity index is 2.18. The van der Waals surface area contributed by atoms with Crippen LogP contribution >= 0.6 is 15.9 Å². The van der Waals surface area contributed by atoms with Crippen LogP contribution < -0.4 is 0 Å². The number of rotatable bonds is 2. The quantitative estimate of drug-likeness (QED) is 0.828. The maximum absolute atomic E-state index is 9.32. The van der Waals surface area contributed by atoms with E-state index in [0.29, 0.717) is 0 Å². The third-order valence-corrected chi connectivity index (χ3v) is 3.54. The van der Waals surface area contributed by atoms with Gasteiger partial charge in [-0.3, -0.25) is 4.90 Å². The standard InChI is InChI=1S/C13H15BrN2/c14-12-6-4-5-11(9-12)13(10-15)16-7-2-1-3-8-16/h4-6,9,13H,1-3,7-8H2/t13-/m1/s1. The minimum atomic E-state index is -0.0854. The van der Waals surface area contributed by atoms with Crippen LogP contribution in [-0.2, 0) is 0 Å². The summed E-state index contributed by atoms with van der Waals surface area (Å²) in [5, 5.41) is 9.32. The summed E-state index contributed by atoms with van der Waals surface area (Å²) in [7, 11) is 0. The number of piperidine rings is 1. The summed E-state index contributed by atoms with van der Waals surface area (Å²) < 4.78 is 1.04. The lowest BCUT2D eigenvalue weighted by Gasteiger charge is -2.30. The van der Waals surface area contributed by atoms with Crippen molar-refractivity contribution in [2.75, 3.05) is 13.1 Å². The Hall–Kier alpha value is -0.850. The van der Waals surface area contributed by atoms with Gasteiger partial charge in [0.2, 0.25) is 0 Å². The molecule has 1 aromatic rings. The van der Waals surface area contributed by atoms with Gasteiger partial charge in [0.05, 0.1) is 6.07 Å². The number of hydrogen-bond acceptors (Lipinski definition) is 2. The number of nitriles is 1. The van der Waals surface area contributed by atoms with Crippen LogP contribution in [0, 0.1) is 11.3 Å². The molecule has 84 valence electrons. The Morgan fingerprint density at radius 2 is 2.00 bits per heavy atom. The summed E-state index contributed by atoms with van der Waals surface area (Å²) in [5.74, 6) is 0. The van der Waals surface area contributed by atoms with Gasteiger partial charge in [0, 0.05) is 4.47 Å². The lowest BCUT2D eigenvalue weighted by atomic mass is 10.0. The SMILES string of the molecule is N#C[C@H](c1cccc(Br)c1)N1CCCCC1. The summed E-state index contributed by atoms with van der Waals surface area (Å²) >= 11 is 3.46. The molecule has 1 aliphatic heterocycles. The van der Waals surface area contributed by atoms with Gasteiger partial charge in [-0.25, -0.2) is 0 Å². The molecule has 1 aliphatic rings. The number of likely N-dealkylation sites (tertiary alicyclic amines) is 1. The van der Waals surface area contributed by atoms with Gasteiger partial charge in [0.15, 0.2) is 0 Å². The third-order valence-electron chi connectivity index (χ3n) is 3.04. The van der Waals surface area contributed by atoms with Crippen molar-refractivity contribution in [1.29, 1.82) is 5.26 Å². The van der Waals surface area contributed by atoms with E-state index in [1.54, 1.807) is 0 Å². The van der Waals surface area contributed by atoms with Crippen LogP contribution in [0.15, 0.2) is 28.7 Å². The molecule has 0 amide bonds. The molecule has 2 rings (SSSR count). The van der Waals surface area contributed by atoms with Crippen LogP contribution in [0.1, 0.15) is 30.9 Å². The van der Waals surface area contributed by atoms with Crippen LogP contribution in [0.3, 0.4) is 0 Å². The number of nitrogens with zero attached hydrogens (tertiary/aromatic N) is 2. The summed E-state index contributed by atoms with van der Waals surface area (Å²) in [6.07, 6.45) is 3.73. The molecule has 0 N–H and O–H groups in total. The second kappa shape index (κ2) is 5.47. The molecule has 0 bridgehead atoms. The lowest BCUT2D eigenvalue weighted by Crippen LogP contribution is -2.33. The number of hydrogen-bond donors (Lipinski definition) is 0. The van der Waals surface area contributed by atoms with E-state index in [-0.39, 0.29) is 6.04 Å².